The van der Waals surface area contributed by atoms with Crippen molar-refractivity contribution in [3.63, 3.8) is 0 Å². The molecule has 2 saturated heterocycles. The molecule has 0 saturated carbocycles. The summed E-state index contributed by atoms with van der Waals surface area (Å²) in [5.74, 6) is 0.204. The number of hydrogen-bond donors (Lipinski definition) is 0. The number of hydrogen-bond acceptors (Lipinski definition) is 5. The van der Waals surface area contributed by atoms with E-state index in [2.05, 4.69) is 4.98 Å². The Morgan fingerprint density at radius 1 is 1.42 bits per heavy atom. The Morgan fingerprint density at radius 3 is 2.88 bits per heavy atom. The average Bonchev–Trinajstić information content (AvgIpc) is 2.97. The van der Waals surface area contributed by atoms with Crippen molar-refractivity contribution in [2.24, 2.45) is 0 Å². The Morgan fingerprint density at radius 2 is 2.21 bits per heavy atom. The van der Waals surface area contributed by atoms with Gasteiger partial charge in [-0.25, -0.2) is 0 Å². The van der Waals surface area contributed by atoms with Crippen LogP contribution in [0.25, 0.3) is 0 Å². The Labute approximate surface area is 143 Å². The molecule has 24 heavy (non-hydrogen) atoms. The van der Waals surface area contributed by atoms with Crippen LogP contribution in [0.5, 0.6) is 0 Å². The molecule has 1 aromatic rings. The minimum absolute atomic E-state index is 0.107. The molecule has 6 nitrogen and oxygen atoms in total. The zero-order chi connectivity index (χ0) is 17.0. The molecule has 0 unspecified atom stereocenters. The van der Waals surface area contributed by atoms with E-state index in [1.54, 1.807) is 6.20 Å². The minimum atomic E-state index is -0.107. The second-order valence-electron chi connectivity index (χ2n) is 7.07. The molecule has 6 heteroatoms. The van der Waals surface area contributed by atoms with Crippen LogP contribution in [-0.4, -0.2) is 72.7 Å². The summed E-state index contributed by atoms with van der Waals surface area (Å²) < 4.78 is 12.1. The van der Waals surface area contributed by atoms with Gasteiger partial charge in [-0.15, -0.1) is 0 Å². The van der Waals surface area contributed by atoms with Gasteiger partial charge in [0.05, 0.1) is 37.2 Å². The maximum atomic E-state index is 12.1. The maximum Gasteiger partial charge on any atom is 0.236 e. The van der Waals surface area contributed by atoms with Crippen LogP contribution in [0.4, 0.5) is 0 Å². The van der Waals surface area contributed by atoms with Crippen LogP contribution in [-0.2, 0) is 20.9 Å². The van der Waals surface area contributed by atoms with E-state index < -0.39 is 0 Å². The van der Waals surface area contributed by atoms with Crippen LogP contribution >= 0.6 is 0 Å². The topological polar surface area (TPSA) is 54.9 Å². The number of carbonyl (C=O) groups excluding carboxylic acids is 1. The predicted molar refractivity (Wildman–Crippen MR) is 90.5 cm³/mol. The first-order valence-electron chi connectivity index (χ1n) is 8.64. The lowest BCUT2D eigenvalue weighted by atomic mass is 9.88. The number of aromatic nitrogens is 1. The van der Waals surface area contributed by atoms with Gasteiger partial charge in [0.2, 0.25) is 5.91 Å². The first kappa shape index (κ1) is 17.3. The number of carbonyl (C=O) groups is 1. The second kappa shape index (κ2) is 7.59. The van der Waals surface area contributed by atoms with Gasteiger partial charge in [0, 0.05) is 25.7 Å². The molecule has 0 N–H and O–H groups in total. The normalized spacial score (nSPS) is 23.1. The summed E-state index contributed by atoms with van der Waals surface area (Å²) in [6.45, 7) is 3.19. The van der Waals surface area contributed by atoms with Crippen molar-refractivity contribution in [1.29, 1.82) is 0 Å². The molecule has 0 radical (unpaired) electrons. The lowest BCUT2D eigenvalue weighted by Gasteiger charge is -2.39. The van der Waals surface area contributed by atoms with Gasteiger partial charge in [0.15, 0.2) is 0 Å². The van der Waals surface area contributed by atoms with Crippen LogP contribution in [0.1, 0.15) is 25.0 Å². The molecule has 0 aliphatic carbocycles. The van der Waals surface area contributed by atoms with Gasteiger partial charge in [-0.1, -0.05) is 6.07 Å². The molecule has 3 rings (SSSR count). The Balaban J connectivity index is 1.45. The van der Waals surface area contributed by atoms with E-state index in [9.17, 15) is 4.79 Å². The highest BCUT2D eigenvalue weighted by Crippen LogP contribution is 2.37. The third kappa shape index (κ3) is 4.32. The van der Waals surface area contributed by atoms with E-state index in [4.69, 9.17) is 9.47 Å². The van der Waals surface area contributed by atoms with Crippen molar-refractivity contribution in [2.45, 2.75) is 37.6 Å². The number of likely N-dealkylation sites (tertiary alicyclic amines) is 1. The first-order chi connectivity index (χ1) is 11.6. The Kier molecular flexibility index (Phi) is 5.48. The molecule has 0 bridgehead atoms. The number of amides is 1. The van der Waals surface area contributed by atoms with E-state index in [1.165, 1.54) is 0 Å². The molecule has 1 aromatic heterocycles. The summed E-state index contributed by atoms with van der Waals surface area (Å²) in [5.41, 5.74) is 0.839. The number of pyridine rings is 1. The van der Waals surface area contributed by atoms with Gasteiger partial charge in [0.25, 0.3) is 0 Å². The molecule has 2 aliphatic rings. The summed E-state index contributed by atoms with van der Waals surface area (Å²) >= 11 is 0. The highest BCUT2D eigenvalue weighted by Gasteiger charge is 2.43. The smallest absolute Gasteiger partial charge is 0.236 e. The zero-order valence-corrected chi connectivity index (χ0v) is 14.6. The van der Waals surface area contributed by atoms with Crippen molar-refractivity contribution in [3.8, 4) is 0 Å². The zero-order valence-electron chi connectivity index (χ0n) is 14.6. The minimum Gasteiger partial charge on any atom is -0.372 e. The number of rotatable bonds is 5. The van der Waals surface area contributed by atoms with Crippen LogP contribution in [0.3, 0.4) is 0 Å². The maximum absolute atomic E-state index is 12.1. The molecule has 1 atom stereocenters. The quantitative estimate of drug-likeness (QED) is 0.813. The van der Waals surface area contributed by atoms with Crippen LogP contribution in [0.15, 0.2) is 24.4 Å². The number of piperidine rings is 1. The highest BCUT2D eigenvalue weighted by atomic mass is 16.6. The predicted octanol–water partition coefficient (Wildman–Crippen LogP) is 1.31. The number of likely N-dealkylation sites (N-methyl/N-ethyl adjacent to an activating group) is 1. The second-order valence-corrected chi connectivity index (χ2v) is 7.07. The summed E-state index contributed by atoms with van der Waals surface area (Å²) in [4.78, 5) is 20.3. The van der Waals surface area contributed by atoms with E-state index in [-0.39, 0.29) is 17.6 Å². The van der Waals surface area contributed by atoms with Crippen molar-refractivity contribution in [1.82, 2.24) is 14.8 Å². The molecular weight excluding hydrogens is 306 g/mol. The van der Waals surface area contributed by atoms with Gasteiger partial charge in [-0.2, -0.15) is 0 Å². The fourth-order valence-electron chi connectivity index (χ4n) is 3.48. The lowest BCUT2D eigenvalue weighted by Crippen LogP contribution is -2.48. The SMILES string of the molecule is CN(C)CC(=O)N1CCC2(CC1)C[C@H](OCc1ccccn1)CO2. The van der Waals surface area contributed by atoms with Crippen LogP contribution in [0.2, 0.25) is 0 Å². The third-order valence-electron chi connectivity index (χ3n) is 4.85. The monoisotopic (exact) mass is 333 g/mol. The Bertz CT molecular complexity index is 542. The molecule has 132 valence electrons. The number of nitrogens with zero attached hydrogens (tertiary/aromatic N) is 3. The van der Waals surface area contributed by atoms with Gasteiger partial charge in [0.1, 0.15) is 0 Å². The molecule has 0 aromatic carbocycles. The lowest BCUT2D eigenvalue weighted by molar-refractivity contribution is -0.136. The fraction of sp³-hybridized carbons (Fsp3) is 0.667. The molecule has 3 heterocycles. The highest BCUT2D eigenvalue weighted by molar-refractivity contribution is 5.78. The van der Waals surface area contributed by atoms with Gasteiger partial charge in [-0.05, 0) is 39.1 Å². The molecule has 2 aliphatic heterocycles. The van der Waals surface area contributed by atoms with Crippen molar-refractivity contribution in [2.75, 3.05) is 40.3 Å². The van der Waals surface area contributed by atoms with Gasteiger partial charge >= 0.3 is 0 Å². The summed E-state index contributed by atoms with van der Waals surface area (Å²) in [6.07, 6.45) is 4.61. The Hall–Kier alpha value is -1.50. The standard InChI is InChI=1S/C18H27N3O3/c1-20(2)12-17(22)21-9-6-18(7-10-21)11-16(14-24-18)23-13-15-5-3-4-8-19-15/h3-5,8,16H,6-7,9-14H2,1-2H3/t16-/m0/s1. The first-order valence-corrected chi connectivity index (χ1v) is 8.64. The van der Waals surface area contributed by atoms with E-state index in [1.807, 2.05) is 42.1 Å². The van der Waals surface area contributed by atoms with Crippen LogP contribution in [0, 0.1) is 0 Å². The molecular formula is C18H27N3O3. The summed E-state index contributed by atoms with van der Waals surface area (Å²) in [7, 11) is 3.85. The van der Waals surface area contributed by atoms with E-state index >= 15 is 0 Å². The van der Waals surface area contributed by atoms with E-state index in [0.29, 0.717) is 19.8 Å². The summed E-state index contributed by atoms with van der Waals surface area (Å²) in [5, 5.41) is 0. The van der Waals surface area contributed by atoms with Crippen molar-refractivity contribution >= 4 is 5.91 Å². The third-order valence-corrected chi connectivity index (χ3v) is 4.85. The van der Waals surface area contributed by atoms with Gasteiger partial charge < -0.3 is 19.3 Å². The molecule has 2 fully saturated rings. The average molecular weight is 333 g/mol. The van der Waals surface area contributed by atoms with Gasteiger partial charge in [-0.3, -0.25) is 9.78 Å². The largest absolute Gasteiger partial charge is 0.372 e. The number of ether oxygens (including phenoxy) is 2. The fourth-order valence-corrected chi connectivity index (χ4v) is 3.48. The van der Waals surface area contributed by atoms with Crippen LogP contribution < -0.4 is 0 Å². The van der Waals surface area contributed by atoms with Crippen molar-refractivity contribution < 1.29 is 14.3 Å². The molecule has 1 amide bonds. The molecule has 1 spiro atoms. The van der Waals surface area contributed by atoms with Crippen molar-refractivity contribution in [3.05, 3.63) is 30.1 Å². The van der Waals surface area contributed by atoms with E-state index in [0.717, 1.165) is 38.0 Å². The summed E-state index contributed by atoms with van der Waals surface area (Å²) in [6, 6.07) is 5.85.